The summed E-state index contributed by atoms with van der Waals surface area (Å²) in [5, 5.41) is 4.57. The molecule has 1 aromatic carbocycles. The number of para-hydroxylation sites is 1. The van der Waals surface area contributed by atoms with Gasteiger partial charge in [0.1, 0.15) is 12.4 Å². The minimum atomic E-state index is -0.198. The molecule has 1 atom stereocenters. The van der Waals surface area contributed by atoms with Crippen LogP contribution in [0.25, 0.3) is 5.69 Å². The molecule has 3 amide bonds. The molecule has 1 unspecified atom stereocenters. The van der Waals surface area contributed by atoms with E-state index >= 15 is 0 Å². The first-order valence-corrected chi connectivity index (χ1v) is 10.7. The van der Waals surface area contributed by atoms with Gasteiger partial charge in [0.05, 0.1) is 17.4 Å². The Morgan fingerprint density at radius 2 is 1.97 bits per heavy atom. The maximum atomic E-state index is 13.5. The number of amides is 3. The molecule has 30 heavy (non-hydrogen) atoms. The lowest BCUT2D eigenvalue weighted by molar-refractivity contribution is -0.132. The van der Waals surface area contributed by atoms with Crippen LogP contribution in [-0.4, -0.2) is 69.6 Å². The second kappa shape index (κ2) is 7.59. The van der Waals surface area contributed by atoms with Gasteiger partial charge in [0.2, 0.25) is 5.91 Å². The summed E-state index contributed by atoms with van der Waals surface area (Å²) in [6.07, 6.45) is 5.75. The monoisotopic (exact) mass is 406 g/mol. The summed E-state index contributed by atoms with van der Waals surface area (Å²) < 4.78 is 1.74. The van der Waals surface area contributed by atoms with Gasteiger partial charge in [-0.25, -0.2) is 9.48 Å². The Labute approximate surface area is 175 Å². The molecule has 3 aliphatic heterocycles. The Balaban J connectivity index is 1.56. The number of likely N-dealkylation sites (tertiary alicyclic amines) is 1. The number of aromatic nitrogens is 2. The lowest BCUT2D eigenvalue weighted by atomic mass is 10.0. The van der Waals surface area contributed by atoms with Crippen molar-refractivity contribution in [2.75, 3.05) is 31.1 Å². The predicted octanol–water partition coefficient (Wildman–Crippen LogP) is 2.67. The summed E-state index contributed by atoms with van der Waals surface area (Å²) in [7, 11) is 0. The van der Waals surface area contributed by atoms with Crippen LogP contribution in [0.4, 0.5) is 10.6 Å². The van der Waals surface area contributed by atoms with Gasteiger partial charge in [0.25, 0.3) is 0 Å². The van der Waals surface area contributed by atoms with Gasteiger partial charge in [-0.05, 0) is 44.7 Å². The number of hydrogen-bond donors (Lipinski definition) is 0. The Morgan fingerprint density at radius 3 is 2.77 bits per heavy atom. The zero-order chi connectivity index (χ0) is 20.7. The van der Waals surface area contributed by atoms with E-state index < -0.39 is 0 Å². The average molecular weight is 406 g/mol. The minimum absolute atomic E-state index is 0.0124. The van der Waals surface area contributed by atoms with Gasteiger partial charge in [-0.1, -0.05) is 18.2 Å². The van der Waals surface area contributed by atoms with Crippen LogP contribution in [0.3, 0.4) is 0 Å². The number of nitrogens with zero attached hydrogens (tertiary/aromatic N) is 6. The van der Waals surface area contributed by atoms with Crippen LogP contribution in [0.5, 0.6) is 0 Å². The van der Waals surface area contributed by atoms with Crippen molar-refractivity contribution in [3.63, 3.8) is 0 Å². The maximum Gasteiger partial charge on any atom is 0.331 e. The fraction of sp³-hybridized carbons (Fsp3) is 0.455. The minimum Gasteiger partial charge on any atom is -0.338 e. The molecule has 0 saturated carbocycles. The van der Waals surface area contributed by atoms with Crippen LogP contribution in [0, 0.1) is 0 Å². The Hall–Kier alpha value is -3.16. The predicted molar refractivity (Wildman–Crippen MR) is 114 cm³/mol. The smallest absolute Gasteiger partial charge is 0.331 e. The molecular weight excluding hydrogens is 380 g/mol. The van der Waals surface area contributed by atoms with E-state index in [1.165, 1.54) is 0 Å². The van der Waals surface area contributed by atoms with Crippen LogP contribution in [0.1, 0.15) is 38.2 Å². The standard InChI is InChI=1S/C22H26N6O2/c1-16-8-5-6-12-25(16)19(29)15-27-21-18(20-23-11-7-13-26(20)22(27)30)14-24-28(21)17-9-3-2-4-10-17/h2-4,9-10,14,16H,5-8,11-13,15H2,1H3. The van der Waals surface area contributed by atoms with Crippen molar-refractivity contribution in [3.8, 4) is 5.69 Å². The fourth-order valence-corrected chi connectivity index (χ4v) is 4.61. The molecule has 1 aromatic heterocycles. The highest BCUT2D eigenvalue weighted by Gasteiger charge is 2.41. The Bertz CT molecular complexity index is 998. The van der Waals surface area contributed by atoms with Crippen LogP contribution >= 0.6 is 0 Å². The molecule has 8 heteroatoms. The van der Waals surface area contributed by atoms with Crippen LogP contribution < -0.4 is 4.90 Å². The van der Waals surface area contributed by atoms with Crippen molar-refractivity contribution in [3.05, 3.63) is 42.1 Å². The molecule has 3 aliphatic rings. The fourth-order valence-electron chi connectivity index (χ4n) is 4.61. The normalized spacial score (nSPS) is 21.2. The highest BCUT2D eigenvalue weighted by Crippen LogP contribution is 2.33. The summed E-state index contributed by atoms with van der Waals surface area (Å²) in [6, 6.07) is 9.70. The molecule has 0 radical (unpaired) electrons. The number of aliphatic imine (C=N–C) groups is 1. The van der Waals surface area contributed by atoms with Gasteiger partial charge in [0.15, 0.2) is 5.82 Å². The van der Waals surface area contributed by atoms with Gasteiger partial charge >= 0.3 is 6.03 Å². The van der Waals surface area contributed by atoms with Crippen molar-refractivity contribution in [1.82, 2.24) is 19.6 Å². The molecule has 156 valence electrons. The summed E-state index contributed by atoms with van der Waals surface area (Å²) in [5.74, 6) is 1.28. The molecule has 1 saturated heterocycles. The number of fused-ring (bicyclic) bond motifs is 3. The van der Waals surface area contributed by atoms with Crippen LogP contribution in [-0.2, 0) is 4.79 Å². The molecule has 8 nitrogen and oxygen atoms in total. The Morgan fingerprint density at radius 1 is 1.13 bits per heavy atom. The van der Waals surface area contributed by atoms with E-state index in [-0.39, 0.29) is 24.5 Å². The summed E-state index contributed by atoms with van der Waals surface area (Å²) in [4.78, 5) is 36.5. The van der Waals surface area contributed by atoms with Crippen molar-refractivity contribution in [2.45, 2.75) is 38.6 Å². The summed E-state index contributed by atoms with van der Waals surface area (Å²) in [5.41, 5.74) is 1.65. The maximum absolute atomic E-state index is 13.5. The second-order valence-electron chi connectivity index (χ2n) is 8.14. The highest BCUT2D eigenvalue weighted by atomic mass is 16.2. The number of carbonyl (C=O) groups is 2. The first-order chi connectivity index (χ1) is 14.6. The van der Waals surface area contributed by atoms with E-state index in [2.05, 4.69) is 17.0 Å². The van der Waals surface area contributed by atoms with Crippen molar-refractivity contribution in [1.29, 1.82) is 0 Å². The highest BCUT2D eigenvalue weighted by molar-refractivity contribution is 6.19. The number of urea groups is 1. The lowest BCUT2D eigenvalue weighted by Crippen LogP contribution is -2.56. The number of piperidine rings is 1. The van der Waals surface area contributed by atoms with Crippen LogP contribution in [0.2, 0.25) is 0 Å². The van der Waals surface area contributed by atoms with E-state index in [1.807, 2.05) is 35.2 Å². The summed E-state index contributed by atoms with van der Waals surface area (Å²) in [6.45, 7) is 4.16. The van der Waals surface area contributed by atoms with Crippen molar-refractivity contribution >= 4 is 23.6 Å². The van der Waals surface area contributed by atoms with E-state index in [0.29, 0.717) is 24.7 Å². The van der Waals surface area contributed by atoms with E-state index in [4.69, 9.17) is 0 Å². The van der Waals surface area contributed by atoms with E-state index in [1.54, 1.807) is 20.7 Å². The topological polar surface area (TPSA) is 74.0 Å². The molecule has 1 fully saturated rings. The number of amidine groups is 1. The van der Waals surface area contributed by atoms with Crippen molar-refractivity contribution in [2.24, 2.45) is 4.99 Å². The number of anilines is 1. The number of rotatable bonds is 3. The van der Waals surface area contributed by atoms with Gasteiger partial charge in [-0.3, -0.25) is 19.6 Å². The zero-order valence-electron chi connectivity index (χ0n) is 17.2. The quantitative estimate of drug-likeness (QED) is 0.787. The molecule has 0 spiro atoms. The Kier molecular flexibility index (Phi) is 4.77. The molecular formula is C22H26N6O2. The van der Waals surface area contributed by atoms with Gasteiger partial charge < -0.3 is 4.90 Å². The molecule has 0 bridgehead atoms. The summed E-state index contributed by atoms with van der Waals surface area (Å²) >= 11 is 0. The van der Waals surface area contributed by atoms with Crippen LogP contribution in [0.15, 0.2) is 41.5 Å². The first kappa shape index (κ1) is 18.8. The van der Waals surface area contributed by atoms with Gasteiger partial charge in [0, 0.05) is 25.7 Å². The van der Waals surface area contributed by atoms with E-state index in [9.17, 15) is 9.59 Å². The van der Waals surface area contributed by atoms with Gasteiger partial charge in [-0.15, -0.1) is 0 Å². The van der Waals surface area contributed by atoms with E-state index in [0.717, 1.165) is 43.5 Å². The second-order valence-corrected chi connectivity index (χ2v) is 8.14. The third kappa shape index (κ3) is 3.07. The third-order valence-corrected chi connectivity index (χ3v) is 6.18. The third-order valence-electron chi connectivity index (χ3n) is 6.18. The first-order valence-electron chi connectivity index (χ1n) is 10.7. The number of hydrogen-bond acceptors (Lipinski definition) is 4. The largest absolute Gasteiger partial charge is 0.338 e. The van der Waals surface area contributed by atoms with Gasteiger partial charge in [-0.2, -0.15) is 5.10 Å². The average Bonchev–Trinajstić information content (AvgIpc) is 3.22. The molecule has 4 heterocycles. The lowest BCUT2D eigenvalue weighted by Gasteiger charge is -2.39. The SMILES string of the molecule is CC1CCCCN1C(=O)CN1C(=O)N2CCCN=C2c2cnn(-c3ccccc3)c21. The zero-order valence-corrected chi connectivity index (χ0v) is 17.2. The molecule has 2 aromatic rings. The molecule has 0 aliphatic carbocycles. The number of carbonyl (C=O) groups excluding carboxylic acids is 2. The molecule has 0 N–H and O–H groups in total. The molecule has 5 rings (SSSR count). The van der Waals surface area contributed by atoms with Crippen molar-refractivity contribution < 1.29 is 9.59 Å². The number of benzene rings is 1.